The summed E-state index contributed by atoms with van der Waals surface area (Å²) >= 11 is 5.86. The average Bonchev–Trinajstić information content (AvgIpc) is 3.27. The number of pyridine rings is 1. The van der Waals surface area contributed by atoms with Crippen LogP contribution in [0.5, 0.6) is 5.88 Å². The van der Waals surface area contributed by atoms with Gasteiger partial charge in [0.2, 0.25) is 21.9 Å². The van der Waals surface area contributed by atoms with E-state index in [1.165, 1.54) is 19.5 Å². The average molecular weight is 508 g/mol. The van der Waals surface area contributed by atoms with E-state index in [1.807, 2.05) is 0 Å². The van der Waals surface area contributed by atoms with Gasteiger partial charge in [-0.1, -0.05) is 24.6 Å². The first-order chi connectivity index (χ1) is 16.3. The van der Waals surface area contributed by atoms with E-state index >= 15 is 0 Å². The Kier molecular flexibility index (Phi) is 7.29. The van der Waals surface area contributed by atoms with Crippen LogP contribution in [0.2, 0.25) is 5.02 Å². The van der Waals surface area contributed by atoms with Crippen LogP contribution in [0.3, 0.4) is 0 Å². The third-order valence-electron chi connectivity index (χ3n) is 5.89. The molecule has 2 atom stereocenters. The van der Waals surface area contributed by atoms with Crippen LogP contribution in [0, 0.1) is 0 Å². The molecule has 0 saturated carbocycles. The van der Waals surface area contributed by atoms with Crippen molar-refractivity contribution in [2.45, 2.75) is 43.9 Å². The maximum absolute atomic E-state index is 13.3. The van der Waals surface area contributed by atoms with Gasteiger partial charge in [-0.25, -0.2) is 23.4 Å². The van der Waals surface area contributed by atoms with Crippen molar-refractivity contribution in [1.82, 2.24) is 29.7 Å². The summed E-state index contributed by atoms with van der Waals surface area (Å²) in [4.78, 5) is 12.8. The Labute approximate surface area is 203 Å². The highest BCUT2D eigenvalue weighted by Crippen LogP contribution is 2.32. The highest BCUT2D eigenvalue weighted by Gasteiger charge is 2.33. The highest BCUT2D eigenvalue weighted by molar-refractivity contribution is 7.93. The number of aromatic nitrogens is 6. The quantitative estimate of drug-likeness (QED) is 0.488. The summed E-state index contributed by atoms with van der Waals surface area (Å²) in [7, 11) is -2.35. The number of rotatable bonds is 8. The number of halogens is 1. The van der Waals surface area contributed by atoms with Crippen molar-refractivity contribution in [3.05, 3.63) is 41.4 Å². The summed E-state index contributed by atoms with van der Waals surface area (Å²) in [5.41, 5.74) is 0.528. The fraction of sp³-hybridized carbons (Fsp3) is 0.476. The van der Waals surface area contributed by atoms with Crippen molar-refractivity contribution >= 4 is 27.6 Å². The first-order valence-corrected chi connectivity index (χ1v) is 12.8. The third kappa shape index (κ3) is 5.13. The number of ether oxygens (including phenoxy) is 2. The molecule has 0 aliphatic carbocycles. The fourth-order valence-corrected chi connectivity index (χ4v) is 5.07. The van der Waals surface area contributed by atoms with Crippen LogP contribution in [0.4, 0.5) is 5.95 Å². The van der Waals surface area contributed by atoms with Gasteiger partial charge in [-0.05, 0) is 25.8 Å². The van der Waals surface area contributed by atoms with Crippen LogP contribution in [0.25, 0.3) is 11.5 Å². The smallest absolute Gasteiger partial charge is 0.238 e. The molecular formula is C21H26ClN7O4S. The van der Waals surface area contributed by atoms with Crippen LogP contribution in [0.15, 0.2) is 30.6 Å². The number of hydrogen-bond acceptors (Lipinski definition) is 9. The summed E-state index contributed by atoms with van der Waals surface area (Å²) in [5, 5.41) is 8.00. The molecule has 0 aromatic carbocycles. The molecule has 13 heteroatoms. The SMILES string of the molecule is COc1cccc(-c2nnc(NS(=O)(=O)[C@@H](C)[C@H](C)c3ncc(Cl)cn3)n2C2CCOCC2)n1. The Morgan fingerprint density at radius 1 is 1.18 bits per heavy atom. The molecule has 0 spiro atoms. The zero-order valence-corrected chi connectivity index (χ0v) is 20.6. The Morgan fingerprint density at radius 2 is 1.88 bits per heavy atom. The molecule has 1 fully saturated rings. The molecular weight excluding hydrogens is 482 g/mol. The molecule has 11 nitrogen and oxygen atoms in total. The van der Waals surface area contributed by atoms with Crippen molar-refractivity contribution < 1.29 is 17.9 Å². The minimum absolute atomic E-state index is 0.0585. The lowest BCUT2D eigenvalue weighted by Gasteiger charge is -2.26. The second-order valence-corrected chi connectivity index (χ2v) is 10.5. The predicted molar refractivity (Wildman–Crippen MR) is 126 cm³/mol. The molecule has 0 unspecified atom stereocenters. The molecule has 4 rings (SSSR count). The Bertz CT molecular complexity index is 1230. The molecule has 3 aromatic rings. The summed E-state index contributed by atoms with van der Waals surface area (Å²) in [6.07, 6.45) is 4.27. The van der Waals surface area contributed by atoms with Gasteiger partial charge in [-0.3, -0.25) is 9.29 Å². The number of nitrogens with zero attached hydrogens (tertiary/aromatic N) is 6. The molecule has 1 N–H and O–H groups in total. The van der Waals surface area contributed by atoms with Crippen LogP contribution in [0.1, 0.15) is 44.5 Å². The second kappa shape index (κ2) is 10.2. The summed E-state index contributed by atoms with van der Waals surface area (Å²) in [5.74, 6) is 0.891. The van der Waals surface area contributed by atoms with E-state index in [2.05, 4.69) is 29.9 Å². The van der Waals surface area contributed by atoms with Crippen LogP contribution in [-0.2, 0) is 14.8 Å². The number of nitrogens with one attached hydrogen (secondary N) is 1. The van der Waals surface area contributed by atoms with E-state index in [0.29, 0.717) is 54.3 Å². The van der Waals surface area contributed by atoms with Gasteiger partial charge in [0.15, 0.2) is 5.82 Å². The van der Waals surface area contributed by atoms with Gasteiger partial charge in [-0.15, -0.1) is 10.2 Å². The maximum Gasteiger partial charge on any atom is 0.238 e. The number of hydrogen-bond donors (Lipinski definition) is 1. The van der Waals surface area contributed by atoms with Crippen molar-refractivity contribution in [3.8, 4) is 17.4 Å². The zero-order chi connectivity index (χ0) is 24.3. The predicted octanol–water partition coefficient (Wildman–Crippen LogP) is 3.08. The summed E-state index contributed by atoms with van der Waals surface area (Å²) < 4.78 is 41.8. The Morgan fingerprint density at radius 3 is 2.56 bits per heavy atom. The lowest BCUT2D eigenvalue weighted by atomic mass is 10.1. The molecule has 0 amide bonds. The van der Waals surface area contributed by atoms with Gasteiger partial charge >= 0.3 is 0 Å². The van der Waals surface area contributed by atoms with Crippen molar-refractivity contribution in [3.63, 3.8) is 0 Å². The van der Waals surface area contributed by atoms with Gasteiger partial charge in [-0.2, -0.15) is 0 Å². The molecule has 4 heterocycles. The normalized spacial score (nSPS) is 16.7. The van der Waals surface area contributed by atoms with Crippen molar-refractivity contribution in [1.29, 1.82) is 0 Å². The minimum Gasteiger partial charge on any atom is -0.481 e. The summed E-state index contributed by atoms with van der Waals surface area (Å²) in [6, 6.07) is 5.24. The molecule has 1 saturated heterocycles. The molecule has 34 heavy (non-hydrogen) atoms. The van der Waals surface area contributed by atoms with E-state index < -0.39 is 21.2 Å². The first kappa shape index (κ1) is 24.3. The van der Waals surface area contributed by atoms with Crippen molar-refractivity contribution in [2.24, 2.45) is 0 Å². The Hall–Kier alpha value is -2.83. The maximum atomic E-state index is 13.3. The molecule has 3 aromatic heterocycles. The number of sulfonamides is 1. The molecule has 0 bridgehead atoms. The van der Waals surface area contributed by atoms with Crippen LogP contribution < -0.4 is 9.46 Å². The number of methoxy groups -OCH3 is 1. The van der Waals surface area contributed by atoms with E-state index in [1.54, 1.807) is 36.6 Å². The Balaban J connectivity index is 1.67. The topological polar surface area (TPSA) is 134 Å². The van der Waals surface area contributed by atoms with Gasteiger partial charge in [0.1, 0.15) is 11.5 Å². The minimum atomic E-state index is -3.88. The molecule has 0 radical (unpaired) electrons. The van der Waals surface area contributed by atoms with E-state index in [9.17, 15) is 8.42 Å². The molecule has 182 valence electrons. The first-order valence-electron chi connectivity index (χ1n) is 10.8. The largest absolute Gasteiger partial charge is 0.481 e. The van der Waals surface area contributed by atoms with Crippen LogP contribution >= 0.6 is 11.6 Å². The lowest BCUT2D eigenvalue weighted by molar-refractivity contribution is 0.0704. The number of anilines is 1. The van der Waals surface area contributed by atoms with E-state index in [0.717, 1.165) is 0 Å². The second-order valence-electron chi connectivity index (χ2n) is 8.03. The summed E-state index contributed by atoms with van der Waals surface area (Å²) in [6.45, 7) is 4.47. The zero-order valence-electron chi connectivity index (χ0n) is 19.0. The van der Waals surface area contributed by atoms with E-state index in [4.69, 9.17) is 21.1 Å². The monoisotopic (exact) mass is 507 g/mol. The van der Waals surface area contributed by atoms with Gasteiger partial charge in [0, 0.05) is 43.6 Å². The van der Waals surface area contributed by atoms with E-state index in [-0.39, 0.29) is 12.0 Å². The highest BCUT2D eigenvalue weighted by atomic mass is 35.5. The van der Waals surface area contributed by atoms with Gasteiger partial charge in [0.25, 0.3) is 0 Å². The standard InChI is InChI=1S/C21H26ClN7O4S/c1-13(19-23-11-15(22)12-24-19)14(2)34(30,31)28-21-27-26-20(17-5-4-6-18(25-17)32-3)29(21)16-7-9-33-10-8-16/h4-6,11-14,16H,7-10H2,1-3H3,(H,27,28)/t13-,14-/m0/s1. The van der Waals surface area contributed by atoms with Gasteiger partial charge in [0.05, 0.1) is 17.4 Å². The van der Waals surface area contributed by atoms with Gasteiger partial charge < -0.3 is 9.47 Å². The molecule has 1 aliphatic heterocycles. The fourth-order valence-electron chi connectivity index (χ4n) is 3.73. The third-order valence-corrected chi connectivity index (χ3v) is 7.94. The lowest BCUT2D eigenvalue weighted by Crippen LogP contribution is -2.32. The molecule has 1 aliphatic rings. The van der Waals surface area contributed by atoms with Crippen LogP contribution in [-0.4, -0.2) is 63.7 Å². The van der Waals surface area contributed by atoms with Crippen molar-refractivity contribution in [2.75, 3.05) is 25.0 Å².